The zero-order valence-electron chi connectivity index (χ0n) is 9.99. The lowest BCUT2D eigenvalue weighted by molar-refractivity contribution is 0.291. The average molecular weight is 219 g/mol. The molecule has 0 bridgehead atoms. The van der Waals surface area contributed by atoms with E-state index < -0.39 is 0 Å². The van der Waals surface area contributed by atoms with E-state index in [-0.39, 0.29) is 0 Å². The van der Waals surface area contributed by atoms with Gasteiger partial charge in [0, 0.05) is 6.04 Å². The third-order valence-electron chi connectivity index (χ3n) is 3.25. The Bertz CT molecular complexity index is 333. The summed E-state index contributed by atoms with van der Waals surface area (Å²) < 4.78 is 5.72. The summed E-state index contributed by atoms with van der Waals surface area (Å²) in [6, 6.07) is 8.65. The van der Waals surface area contributed by atoms with E-state index in [9.17, 15) is 0 Å². The highest BCUT2D eigenvalue weighted by molar-refractivity contribution is 5.28. The third kappa shape index (κ3) is 3.24. The molecule has 0 saturated heterocycles. The van der Waals surface area contributed by atoms with Crippen LogP contribution in [-0.2, 0) is 6.42 Å². The molecule has 1 fully saturated rings. The van der Waals surface area contributed by atoms with Crippen molar-refractivity contribution >= 4 is 0 Å². The molecule has 0 aromatic heterocycles. The van der Waals surface area contributed by atoms with Gasteiger partial charge in [0.25, 0.3) is 0 Å². The highest BCUT2D eigenvalue weighted by Crippen LogP contribution is 2.32. The van der Waals surface area contributed by atoms with Gasteiger partial charge < -0.3 is 10.5 Å². The van der Waals surface area contributed by atoms with Gasteiger partial charge >= 0.3 is 0 Å². The van der Waals surface area contributed by atoms with Crippen LogP contribution >= 0.6 is 0 Å². The molecule has 0 spiro atoms. The molecule has 1 atom stereocenters. The molecule has 1 aromatic rings. The van der Waals surface area contributed by atoms with Crippen LogP contribution in [0.15, 0.2) is 24.3 Å². The molecular weight excluding hydrogens is 198 g/mol. The second kappa shape index (κ2) is 5.35. The molecule has 0 amide bonds. The average Bonchev–Trinajstić information content (AvgIpc) is 3.13. The molecule has 16 heavy (non-hydrogen) atoms. The Balaban J connectivity index is 1.75. The van der Waals surface area contributed by atoms with E-state index in [1.54, 1.807) is 0 Å². The minimum absolute atomic E-state index is 0.342. The van der Waals surface area contributed by atoms with Crippen molar-refractivity contribution in [3.05, 3.63) is 29.8 Å². The number of rotatable bonds is 6. The summed E-state index contributed by atoms with van der Waals surface area (Å²) >= 11 is 0. The van der Waals surface area contributed by atoms with Crippen molar-refractivity contribution in [2.45, 2.75) is 38.6 Å². The fourth-order valence-electron chi connectivity index (χ4n) is 1.93. The Morgan fingerprint density at radius 1 is 1.44 bits per heavy atom. The monoisotopic (exact) mass is 219 g/mol. The number of nitrogens with two attached hydrogens (primary N) is 1. The maximum Gasteiger partial charge on any atom is 0.119 e. The standard InChI is InChI=1S/C14H21NO/c1-2-11-4-3-5-13(10-11)16-9-8-14(15)12-6-7-12/h3-5,10,12,14H,2,6-9,15H2,1H3. The minimum Gasteiger partial charge on any atom is -0.494 e. The topological polar surface area (TPSA) is 35.2 Å². The first-order valence-corrected chi connectivity index (χ1v) is 6.27. The Morgan fingerprint density at radius 3 is 2.94 bits per heavy atom. The first-order chi connectivity index (χ1) is 7.79. The maximum atomic E-state index is 6.02. The lowest BCUT2D eigenvalue weighted by atomic mass is 10.1. The van der Waals surface area contributed by atoms with Crippen molar-refractivity contribution in [1.29, 1.82) is 0 Å². The quantitative estimate of drug-likeness (QED) is 0.798. The van der Waals surface area contributed by atoms with Crippen LogP contribution in [0.2, 0.25) is 0 Å². The van der Waals surface area contributed by atoms with Gasteiger partial charge in [0.2, 0.25) is 0 Å². The van der Waals surface area contributed by atoms with Crippen LogP contribution in [0.5, 0.6) is 5.75 Å². The molecule has 0 radical (unpaired) electrons. The second-order valence-electron chi connectivity index (χ2n) is 4.64. The highest BCUT2D eigenvalue weighted by Gasteiger charge is 2.27. The molecule has 2 rings (SSSR count). The van der Waals surface area contributed by atoms with Crippen molar-refractivity contribution in [2.24, 2.45) is 11.7 Å². The van der Waals surface area contributed by atoms with E-state index in [0.717, 1.165) is 31.1 Å². The maximum absolute atomic E-state index is 6.02. The molecule has 2 nitrogen and oxygen atoms in total. The number of ether oxygens (including phenoxy) is 1. The fourth-order valence-corrected chi connectivity index (χ4v) is 1.93. The fraction of sp³-hybridized carbons (Fsp3) is 0.571. The van der Waals surface area contributed by atoms with Gasteiger partial charge in [0.15, 0.2) is 0 Å². The SMILES string of the molecule is CCc1cccc(OCCC(N)C2CC2)c1. The highest BCUT2D eigenvalue weighted by atomic mass is 16.5. The molecule has 1 aromatic carbocycles. The van der Waals surface area contributed by atoms with Crippen molar-refractivity contribution in [3.63, 3.8) is 0 Å². The third-order valence-corrected chi connectivity index (χ3v) is 3.25. The van der Waals surface area contributed by atoms with Crippen molar-refractivity contribution in [1.82, 2.24) is 0 Å². The smallest absolute Gasteiger partial charge is 0.119 e. The van der Waals surface area contributed by atoms with E-state index in [4.69, 9.17) is 10.5 Å². The van der Waals surface area contributed by atoms with Gasteiger partial charge in [-0.2, -0.15) is 0 Å². The van der Waals surface area contributed by atoms with Gasteiger partial charge in [0.1, 0.15) is 5.75 Å². The van der Waals surface area contributed by atoms with E-state index in [1.165, 1.54) is 18.4 Å². The van der Waals surface area contributed by atoms with Gasteiger partial charge in [-0.1, -0.05) is 19.1 Å². The van der Waals surface area contributed by atoms with E-state index >= 15 is 0 Å². The van der Waals surface area contributed by atoms with Crippen LogP contribution in [0.1, 0.15) is 31.7 Å². The molecule has 2 N–H and O–H groups in total. The molecule has 1 aliphatic carbocycles. The predicted octanol–water partition coefficient (Wildman–Crippen LogP) is 2.76. The molecule has 1 aliphatic rings. The lowest BCUT2D eigenvalue weighted by Gasteiger charge is -2.11. The van der Waals surface area contributed by atoms with Crippen molar-refractivity contribution in [3.8, 4) is 5.75 Å². The summed E-state index contributed by atoms with van der Waals surface area (Å²) in [5, 5.41) is 0. The normalized spacial score (nSPS) is 17.1. The molecule has 88 valence electrons. The summed E-state index contributed by atoms with van der Waals surface area (Å²) in [6.45, 7) is 2.90. The zero-order valence-corrected chi connectivity index (χ0v) is 9.99. The second-order valence-corrected chi connectivity index (χ2v) is 4.64. The molecule has 0 aliphatic heterocycles. The van der Waals surface area contributed by atoms with Crippen molar-refractivity contribution < 1.29 is 4.74 Å². The Kier molecular flexibility index (Phi) is 3.83. The lowest BCUT2D eigenvalue weighted by Crippen LogP contribution is -2.24. The van der Waals surface area contributed by atoms with Crippen LogP contribution in [0.25, 0.3) is 0 Å². The summed E-state index contributed by atoms with van der Waals surface area (Å²) in [6.07, 6.45) is 4.65. The molecule has 0 heterocycles. The molecular formula is C14H21NO. The Labute approximate surface area is 97.8 Å². The van der Waals surface area contributed by atoms with E-state index in [2.05, 4.69) is 25.1 Å². The van der Waals surface area contributed by atoms with Crippen LogP contribution in [0.3, 0.4) is 0 Å². The number of aryl methyl sites for hydroxylation is 1. The molecule has 1 unspecified atom stereocenters. The summed E-state index contributed by atoms with van der Waals surface area (Å²) in [5.74, 6) is 1.74. The zero-order chi connectivity index (χ0) is 11.4. The van der Waals surface area contributed by atoms with Crippen LogP contribution < -0.4 is 10.5 Å². The van der Waals surface area contributed by atoms with Gasteiger partial charge in [-0.3, -0.25) is 0 Å². The van der Waals surface area contributed by atoms with Gasteiger partial charge in [-0.05, 0) is 49.3 Å². The van der Waals surface area contributed by atoms with Gasteiger partial charge in [0.05, 0.1) is 6.61 Å². The first-order valence-electron chi connectivity index (χ1n) is 6.27. The number of hydrogen-bond donors (Lipinski definition) is 1. The molecule has 2 heteroatoms. The molecule has 1 saturated carbocycles. The van der Waals surface area contributed by atoms with Crippen LogP contribution in [-0.4, -0.2) is 12.6 Å². The Morgan fingerprint density at radius 2 is 2.25 bits per heavy atom. The summed E-state index contributed by atoms with van der Waals surface area (Å²) in [7, 11) is 0. The van der Waals surface area contributed by atoms with Crippen LogP contribution in [0.4, 0.5) is 0 Å². The number of benzene rings is 1. The van der Waals surface area contributed by atoms with E-state index in [0.29, 0.717) is 6.04 Å². The predicted molar refractivity (Wildman–Crippen MR) is 66.6 cm³/mol. The minimum atomic E-state index is 0.342. The van der Waals surface area contributed by atoms with Crippen molar-refractivity contribution in [2.75, 3.05) is 6.61 Å². The first kappa shape index (κ1) is 11.5. The summed E-state index contributed by atoms with van der Waals surface area (Å²) in [5.41, 5.74) is 7.34. The van der Waals surface area contributed by atoms with Crippen LogP contribution in [0, 0.1) is 5.92 Å². The largest absolute Gasteiger partial charge is 0.494 e. The van der Waals surface area contributed by atoms with Gasteiger partial charge in [-0.15, -0.1) is 0 Å². The number of hydrogen-bond acceptors (Lipinski definition) is 2. The van der Waals surface area contributed by atoms with E-state index in [1.807, 2.05) is 6.07 Å². The van der Waals surface area contributed by atoms with Gasteiger partial charge in [-0.25, -0.2) is 0 Å². The summed E-state index contributed by atoms with van der Waals surface area (Å²) in [4.78, 5) is 0. The Hall–Kier alpha value is -1.02.